The zero-order valence-electron chi connectivity index (χ0n) is 12.1. The Balaban J connectivity index is 2.13. The molecule has 1 aliphatic rings. The Kier molecular flexibility index (Phi) is 3.49. The van der Waals surface area contributed by atoms with Crippen molar-refractivity contribution in [3.05, 3.63) is 65.2 Å². The van der Waals surface area contributed by atoms with Gasteiger partial charge in [-0.15, -0.1) is 0 Å². The van der Waals surface area contributed by atoms with Crippen molar-refractivity contribution in [3.8, 4) is 5.75 Å². The Bertz CT molecular complexity index is 592. The van der Waals surface area contributed by atoms with Crippen LogP contribution in [0.4, 0.5) is 0 Å². The SMILES string of the molecule is CN(C)[C@@H]1CCc2ccc(O)cc2[C@H]1c1ccccc1. The highest BCUT2D eigenvalue weighted by atomic mass is 16.3. The number of fused-ring (bicyclic) bond motifs is 1. The van der Waals surface area contributed by atoms with Crippen LogP contribution in [0, 0.1) is 0 Å². The van der Waals surface area contributed by atoms with Crippen molar-refractivity contribution in [2.45, 2.75) is 24.8 Å². The lowest BCUT2D eigenvalue weighted by atomic mass is 9.75. The van der Waals surface area contributed by atoms with E-state index in [2.05, 4.69) is 55.4 Å². The van der Waals surface area contributed by atoms with Gasteiger partial charge in [0.25, 0.3) is 0 Å². The number of hydrogen-bond acceptors (Lipinski definition) is 2. The van der Waals surface area contributed by atoms with Crippen molar-refractivity contribution < 1.29 is 5.11 Å². The third kappa shape index (κ3) is 2.32. The molecule has 3 rings (SSSR count). The van der Waals surface area contributed by atoms with Gasteiger partial charge in [0.2, 0.25) is 0 Å². The molecule has 0 heterocycles. The molecule has 20 heavy (non-hydrogen) atoms. The number of phenols is 1. The van der Waals surface area contributed by atoms with Gasteiger partial charge in [0.05, 0.1) is 0 Å². The molecular weight excluding hydrogens is 246 g/mol. The van der Waals surface area contributed by atoms with Crippen LogP contribution in [-0.4, -0.2) is 30.1 Å². The van der Waals surface area contributed by atoms with E-state index in [1.54, 1.807) is 6.07 Å². The summed E-state index contributed by atoms with van der Waals surface area (Å²) < 4.78 is 0. The number of aryl methyl sites for hydroxylation is 1. The van der Waals surface area contributed by atoms with Gasteiger partial charge in [0.15, 0.2) is 0 Å². The van der Waals surface area contributed by atoms with Crippen molar-refractivity contribution in [1.29, 1.82) is 0 Å². The molecule has 0 fully saturated rings. The number of phenolic OH excluding ortho intramolecular Hbond substituents is 1. The summed E-state index contributed by atoms with van der Waals surface area (Å²) in [7, 11) is 4.29. The predicted molar refractivity (Wildman–Crippen MR) is 82.2 cm³/mol. The Labute approximate surface area is 120 Å². The first kappa shape index (κ1) is 13.2. The fraction of sp³-hybridized carbons (Fsp3) is 0.333. The molecule has 2 aromatic rings. The molecule has 2 atom stereocenters. The molecule has 2 aromatic carbocycles. The largest absolute Gasteiger partial charge is 0.508 e. The number of hydrogen-bond donors (Lipinski definition) is 1. The molecule has 0 saturated carbocycles. The maximum Gasteiger partial charge on any atom is 0.115 e. The summed E-state index contributed by atoms with van der Waals surface area (Å²) in [5, 5.41) is 9.86. The normalized spacial score (nSPS) is 21.8. The van der Waals surface area contributed by atoms with E-state index in [1.807, 2.05) is 6.07 Å². The van der Waals surface area contributed by atoms with Crippen LogP contribution in [0.2, 0.25) is 0 Å². The standard InChI is InChI=1S/C18H21NO/c1-19(2)17-11-9-13-8-10-15(20)12-16(13)18(17)14-6-4-3-5-7-14/h3-8,10,12,17-18,20H,9,11H2,1-2H3/t17-,18-/m1/s1. The molecule has 0 saturated heterocycles. The van der Waals surface area contributed by atoms with Gasteiger partial charge in [-0.1, -0.05) is 36.4 Å². The molecule has 0 spiro atoms. The molecule has 0 amide bonds. The van der Waals surface area contributed by atoms with E-state index in [1.165, 1.54) is 16.7 Å². The van der Waals surface area contributed by atoms with Gasteiger partial charge in [-0.05, 0) is 55.8 Å². The number of aromatic hydroxyl groups is 1. The summed E-state index contributed by atoms with van der Waals surface area (Å²) in [5.41, 5.74) is 3.98. The Morgan fingerprint density at radius 1 is 1.05 bits per heavy atom. The summed E-state index contributed by atoms with van der Waals surface area (Å²) in [6, 6.07) is 16.9. The molecule has 1 aliphatic carbocycles. The van der Waals surface area contributed by atoms with Crippen LogP contribution in [0.5, 0.6) is 5.75 Å². The van der Waals surface area contributed by atoms with Crippen LogP contribution >= 0.6 is 0 Å². The van der Waals surface area contributed by atoms with Crippen molar-refractivity contribution in [2.24, 2.45) is 0 Å². The first-order valence-electron chi connectivity index (χ1n) is 7.20. The van der Waals surface area contributed by atoms with Crippen molar-refractivity contribution in [2.75, 3.05) is 14.1 Å². The fourth-order valence-corrected chi connectivity index (χ4v) is 3.40. The minimum absolute atomic E-state index is 0.335. The van der Waals surface area contributed by atoms with E-state index in [4.69, 9.17) is 0 Å². The predicted octanol–water partition coefficient (Wildman–Crippen LogP) is 3.40. The zero-order chi connectivity index (χ0) is 14.1. The van der Waals surface area contributed by atoms with Gasteiger partial charge in [-0.25, -0.2) is 0 Å². The van der Waals surface area contributed by atoms with Gasteiger partial charge in [0, 0.05) is 12.0 Å². The van der Waals surface area contributed by atoms with Gasteiger partial charge in [-0.3, -0.25) is 0 Å². The fourth-order valence-electron chi connectivity index (χ4n) is 3.40. The second-order valence-corrected chi connectivity index (χ2v) is 5.84. The molecule has 0 aromatic heterocycles. The molecule has 0 aliphatic heterocycles. The highest BCUT2D eigenvalue weighted by molar-refractivity contribution is 5.45. The maximum atomic E-state index is 9.86. The van der Waals surface area contributed by atoms with Crippen LogP contribution < -0.4 is 0 Å². The number of rotatable bonds is 2. The van der Waals surface area contributed by atoms with Gasteiger partial charge in [0.1, 0.15) is 5.75 Å². The van der Waals surface area contributed by atoms with E-state index < -0.39 is 0 Å². The lowest BCUT2D eigenvalue weighted by molar-refractivity contribution is 0.245. The second-order valence-electron chi connectivity index (χ2n) is 5.84. The monoisotopic (exact) mass is 267 g/mol. The maximum absolute atomic E-state index is 9.86. The number of benzene rings is 2. The summed E-state index contributed by atoms with van der Waals surface area (Å²) in [4.78, 5) is 2.31. The highest BCUT2D eigenvalue weighted by Crippen LogP contribution is 2.39. The minimum Gasteiger partial charge on any atom is -0.508 e. The molecule has 2 heteroatoms. The quantitative estimate of drug-likeness (QED) is 0.901. The summed E-state index contributed by atoms with van der Waals surface area (Å²) in [5.74, 6) is 0.700. The zero-order valence-corrected chi connectivity index (χ0v) is 12.1. The summed E-state index contributed by atoms with van der Waals surface area (Å²) >= 11 is 0. The molecule has 2 nitrogen and oxygen atoms in total. The van der Waals surface area contributed by atoms with E-state index in [0.717, 1.165) is 12.8 Å². The topological polar surface area (TPSA) is 23.5 Å². The highest BCUT2D eigenvalue weighted by Gasteiger charge is 2.32. The van der Waals surface area contributed by atoms with Crippen molar-refractivity contribution >= 4 is 0 Å². The van der Waals surface area contributed by atoms with Gasteiger partial charge >= 0.3 is 0 Å². The first-order valence-corrected chi connectivity index (χ1v) is 7.20. The molecule has 0 radical (unpaired) electrons. The van der Waals surface area contributed by atoms with E-state index >= 15 is 0 Å². The smallest absolute Gasteiger partial charge is 0.115 e. The number of likely N-dealkylation sites (N-methyl/N-ethyl adjacent to an activating group) is 1. The average molecular weight is 267 g/mol. The van der Waals surface area contributed by atoms with Crippen LogP contribution in [-0.2, 0) is 6.42 Å². The third-order valence-electron chi connectivity index (χ3n) is 4.38. The van der Waals surface area contributed by atoms with Gasteiger partial charge in [-0.2, -0.15) is 0 Å². The lowest BCUT2D eigenvalue weighted by Crippen LogP contribution is -2.38. The molecular formula is C18H21NO. The summed E-state index contributed by atoms with van der Waals surface area (Å²) in [6.07, 6.45) is 2.24. The van der Waals surface area contributed by atoms with Crippen LogP contribution in [0.1, 0.15) is 29.0 Å². The second kappa shape index (κ2) is 5.29. The Morgan fingerprint density at radius 2 is 1.80 bits per heavy atom. The first-order chi connectivity index (χ1) is 9.66. The van der Waals surface area contributed by atoms with E-state index in [-0.39, 0.29) is 0 Å². The third-order valence-corrected chi connectivity index (χ3v) is 4.38. The Morgan fingerprint density at radius 3 is 2.50 bits per heavy atom. The van der Waals surface area contributed by atoms with Crippen LogP contribution in [0.3, 0.4) is 0 Å². The Hall–Kier alpha value is -1.80. The molecule has 0 bridgehead atoms. The van der Waals surface area contributed by atoms with Gasteiger partial charge < -0.3 is 10.0 Å². The van der Waals surface area contributed by atoms with E-state index in [0.29, 0.717) is 17.7 Å². The van der Waals surface area contributed by atoms with Crippen LogP contribution in [0.15, 0.2) is 48.5 Å². The molecule has 0 unspecified atom stereocenters. The molecule has 104 valence electrons. The summed E-state index contributed by atoms with van der Waals surface area (Å²) in [6.45, 7) is 0. The molecule has 1 N–H and O–H groups in total. The van der Waals surface area contributed by atoms with Crippen molar-refractivity contribution in [3.63, 3.8) is 0 Å². The number of nitrogens with zero attached hydrogens (tertiary/aromatic N) is 1. The van der Waals surface area contributed by atoms with E-state index in [9.17, 15) is 5.11 Å². The average Bonchev–Trinajstić information content (AvgIpc) is 2.46. The van der Waals surface area contributed by atoms with Crippen molar-refractivity contribution in [1.82, 2.24) is 4.90 Å². The van der Waals surface area contributed by atoms with Crippen LogP contribution in [0.25, 0.3) is 0 Å². The minimum atomic E-state index is 0.335. The lowest BCUT2D eigenvalue weighted by Gasteiger charge is -2.38.